The van der Waals surface area contributed by atoms with Gasteiger partial charge in [-0.3, -0.25) is 0 Å². The summed E-state index contributed by atoms with van der Waals surface area (Å²) < 4.78 is 0. The molecule has 0 aromatic carbocycles. The summed E-state index contributed by atoms with van der Waals surface area (Å²) in [5.41, 5.74) is 0.745. The Kier molecular flexibility index (Phi) is 12.6. The van der Waals surface area contributed by atoms with Crippen molar-refractivity contribution < 1.29 is 4.79 Å². The highest BCUT2D eigenvalue weighted by molar-refractivity contribution is 5.74. The highest BCUT2D eigenvalue weighted by Crippen LogP contribution is 2.40. The van der Waals surface area contributed by atoms with Crippen LogP contribution in [-0.4, -0.2) is 5.78 Å². The Labute approximate surface area is 103 Å². The molecule has 0 aromatic heterocycles. The number of Topliss-reactive ketones (excluding diaryl/α,β-unsaturated/α-hetero) is 1. The molecule has 0 amide bonds. The summed E-state index contributed by atoms with van der Waals surface area (Å²) in [5, 5.41) is 0. The molecule has 16 heavy (non-hydrogen) atoms. The lowest BCUT2D eigenvalue weighted by Gasteiger charge is -2.21. The maximum atomic E-state index is 9.81. The number of carbonyl (C=O) groups excluding carboxylic acids is 1. The minimum absolute atomic E-state index is 0.255. The molecular weight excluding hydrogens is 196 g/mol. The molecule has 1 saturated carbocycles. The van der Waals surface area contributed by atoms with Crippen LogP contribution in [0.25, 0.3) is 0 Å². The van der Waals surface area contributed by atoms with E-state index >= 15 is 0 Å². The van der Waals surface area contributed by atoms with Crippen LogP contribution in [0.4, 0.5) is 0 Å². The quantitative estimate of drug-likeness (QED) is 0.634. The van der Waals surface area contributed by atoms with Crippen molar-refractivity contribution in [3.05, 3.63) is 0 Å². The van der Waals surface area contributed by atoms with Crippen LogP contribution in [-0.2, 0) is 4.79 Å². The van der Waals surface area contributed by atoms with Gasteiger partial charge in [-0.05, 0) is 31.6 Å². The first kappa shape index (κ1) is 18.0. The van der Waals surface area contributed by atoms with E-state index in [4.69, 9.17) is 0 Å². The van der Waals surface area contributed by atoms with Crippen LogP contribution >= 0.6 is 0 Å². The van der Waals surface area contributed by atoms with Gasteiger partial charge in [0, 0.05) is 6.42 Å². The first-order valence-corrected chi connectivity index (χ1v) is 7.03. The van der Waals surface area contributed by atoms with E-state index in [1.807, 2.05) is 20.8 Å². The highest BCUT2D eigenvalue weighted by Gasteiger charge is 2.26. The number of rotatable bonds is 3. The van der Waals surface area contributed by atoms with Gasteiger partial charge in [-0.1, -0.05) is 53.9 Å². The van der Waals surface area contributed by atoms with Gasteiger partial charge in [-0.25, -0.2) is 0 Å². The lowest BCUT2D eigenvalue weighted by atomic mass is 9.84. The Morgan fingerprint density at radius 2 is 1.50 bits per heavy atom. The molecule has 1 nitrogen and oxygen atoms in total. The highest BCUT2D eigenvalue weighted by atomic mass is 16.1. The topological polar surface area (TPSA) is 17.1 Å². The minimum Gasteiger partial charge on any atom is -0.300 e. The normalized spacial score (nSPS) is 16.6. The Bertz CT molecular complexity index is 155. The molecule has 1 heteroatoms. The molecule has 0 bridgehead atoms. The largest absolute Gasteiger partial charge is 0.300 e. The van der Waals surface area contributed by atoms with Gasteiger partial charge < -0.3 is 4.79 Å². The second kappa shape index (κ2) is 11.2. The maximum absolute atomic E-state index is 9.81. The van der Waals surface area contributed by atoms with E-state index in [0.717, 1.165) is 5.41 Å². The second-order valence-corrected chi connectivity index (χ2v) is 4.82. The molecule has 1 rings (SSSR count). The molecule has 1 fully saturated rings. The summed E-state index contributed by atoms with van der Waals surface area (Å²) in [6.45, 7) is 12.2. The van der Waals surface area contributed by atoms with Gasteiger partial charge in [0.1, 0.15) is 5.78 Å². The predicted octanol–water partition coefficient (Wildman–Crippen LogP) is 5.38. The average molecular weight is 228 g/mol. The van der Waals surface area contributed by atoms with Crippen molar-refractivity contribution in [3.8, 4) is 0 Å². The Balaban J connectivity index is 0. The zero-order valence-corrected chi connectivity index (χ0v) is 12.4. The second-order valence-electron chi connectivity index (χ2n) is 4.82. The smallest absolute Gasteiger partial charge is 0.129 e. The predicted molar refractivity (Wildman–Crippen MR) is 73.8 cm³/mol. The molecule has 0 spiro atoms. The van der Waals surface area contributed by atoms with E-state index in [1.54, 1.807) is 6.92 Å². The first-order valence-electron chi connectivity index (χ1n) is 7.03. The van der Waals surface area contributed by atoms with E-state index in [0.29, 0.717) is 6.42 Å². The van der Waals surface area contributed by atoms with Crippen molar-refractivity contribution in [2.45, 2.75) is 86.5 Å². The van der Waals surface area contributed by atoms with Crippen molar-refractivity contribution in [2.75, 3.05) is 0 Å². The molecule has 0 saturated heterocycles. The molecule has 1 aliphatic rings. The average Bonchev–Trinajstić information content (AvgIpc) is 2.69. The number of carbonyl (C=O) groups is 1. The fourth-order valence-electron chi connectivity index (χ4n) is 2.08. The van der Waals surface area contributed by atoms with Gasteiger partial charge in [0.15, 0.2) is 0 Å². The summed E-state index contributed by atoms with van der Waals surface area (Å²) in [7, 11) is 0. The standard InChI is InChI=1S/C9H18.C4H8O.C2H6/c1-3-6-9(2)7-4-5-8-9;1-3-4(2)5;1-2/h3-8H2,1-2H3;3H2,1-2H3;1-2H3. The molecule has 98 valence electrons. The van der Waals surface area contributed by atoms with Gasteiger partial charge >= 0.3 is 0 Å². The van der Waals surface area contributed by atoms with Crippen molar-refractivity contribution in [3.63, 3.8) is 0 Å². The van der Waals surface area contributed by atoms with Crippen LogP contribution in [0.5, 0.6) is 0 Å². The zero-order valence-electron chi connectivity index (χ0n) is 12.4. The Morgan fingerprint density at radius 3 is 1.75 bits per heavy atom. The van der Waals surface area contributed by atoms with Crippen LogP contribution in [0.1, 0.15) is 86.5 Å². The third-order valence-corrected chi connectivity index (χ3v) is 3.16. The molecule has 1 aliphatic carbocycles. The monoisotopic (exact) mass is 228 g/mol. The van der Waals surface area contributed by atoms with Crippen molar-refractivity contribution in [2.24, 2.45) is 5.41 Å². The number of hydrogen-bond acceptors (Lipinski definition) is 1. The van der Waals surface area contributed by atoms with E-state index in [-0.39, 0.29) is 5.78 Å². The molecule has 0 atom stereocenters. The molecule has 0 unspecified atom stereocenters. The van der Waals surface area contributed by atoms with E-state index in [1.165, 1.54) is 38.5 Å². The molecule has 0 aromatic rings. The maximum Gasteiger partial charge on any atom is 0.129 e. The van der Waals surface area contributed by atoms with Crippen LogP contribution in [0, 0.1) is 5.41 Å². The minimum atomic E-state index is 0.255. The number of hydrogen-bond donors (Lipinski definition) is 0. The van der Waals surface area contributed by atoms with E-state index in [9.17, 15) is 4.79 Å². The summed E-state index contributed by atoms with van der Waals surface area (Å²) in [6.07, 6.45) is 9.43. The van der Waals surface area contributed by atoms with Gasteiger partial charge in [0.25, 0.3) is 0 Å². The summed E-state index contributed by atoms with van der Waals surface area (Å²) in [5.74, 6) is 0.255. The van der Waals surface area contributed by atoms with Crippen molar-refractivity contribution in [1.29, 1.82) is 0 Å². The molecular formula is C15H32O. The van der Waals surface area contributed by atoms with Crippen molar-refractivity contribution in [1.82, 2.24) is 0 Å². The Hall–Kier alpha value is -0.330. The first-order chi connectivity index (χ1) is 7.54. The van der Waals surface area contributed by atoms with E-state index < -0.39 is 0 Å². The lowest BCUT2D eigenvalue weighted by Crippen LogP contribution is -2.09. The third-order valence-electron chi connectivity index (χ3n) is 3.16. The SMILES string of the molecule is CC.CCC(C)=O.CCCC1(C)CCCC1. The fourth-order valence-corrected chi connectivity index (χ4v) is 2.08. The van der Waals surface area contributed by atoms with Gasteiger partial charge in [0.2, 0.25) is 0 Å². The number of ketones is 1. The van der Waals surface area contributed by atoms with Crippen LogP contribution < -0.4 is 0 Å². The summed E-state index contributed by atoms with van der Waals surface area (Å²) >= 11 is 0. The van der Waals surface area contributed by atoms with Gasteiger partial charge in [-0.15, -0.1) is 0 Å². The molecule has 0 N–H and O–H groups in total. The lowest BCUT2D eigenvalue weighted by molar-refractivity contribution is -0.116. The molecule has 0 aliphatic heterocycles. The van der Waals surface area contributed by atoms with Gasteiger partial charge in [-0.2, -0.15) is 0 Å². The van der Waals surface area contributed by atoms with E-state index in [2.05, 4.69) is 13.8 Å². The molecule has 0 heterocycles. The van der Waals surface area contributed by atoms with Crippen LogP contribution in [0.15, 0.2) is 0 Å². The summed E-state index contributed by atoms with van der Waals surface area (Å²) in [6, 6.07) is 0. The summed E-state index contributed by atoms with van der Waals surface area (Å²) in [4.78, 5) is 9.81. The van der Waals surface area contributed by atoms with Crippen LogP contribution in [0.3, 0.4) is 0 Å². The van der Waals surface area contributed by atoms with Gasteiger partial charge in [0.05, 0.1) is 0 Å². The zero-order chi connectivity index (χ0) is 13.0. The Morgan fingerprint density at radius 1 is 1.12 bits per heavy atom. The molecule has 0 radical (unpaired) electrons. The fraction of sp³-hybridized carbons (Fsp3) is 0.933. The van der Waals surface area contributed by atoms with Crippen molar-refractivity contribution >= 4 is 5.78 Å². The third kappa shape index (κ3) is 10.2. The van der Waals surface area contributed by atoms with Crippen LogP contribution in [0.2, 0.25) is 0 Å².